The quantitative estimate of drug-likeness (QED) is 0.722. The van der Waals surface area contributed by atoms with Gasteiger partial charge in [0, 0.05) is 30.8 Å². The van der Waals surface area contributed by atoms with Gasteiger partial charge >= 0.3 is 0 Å². The maximum absolute atomic E-state index is 5.54. The van der Waals surface area contributed by atoms with Crippen molar-refractivity contribution in [3.63, 3.8) is 0 Å². The van der Waals surface area contributed by atoms with Gasteiger partial charge in [0.1, 0.15) is 0 Å². The number of aryl methyl sites for hydroxylation is 1. The zero-order valence-electron chi connectivity index (χ0n) is 15.0. The van der Waals surface area contributed by atoms with Crippen molar-refractivity contribution in [1.82, 2.24) is 24.8 Å². The molecule has 132 valence electrons. The van der Waals surface area contributed by atoms with Gasteiger partial charge in [-0.05, 0) is 62.0 Å². The van der Waals surface area contributed by atoms with Crippen molar-refractivity contribution in [2.45, 2.75) is 25.9 Å². The molecule has 1 saturated heterocycles. The number of aromatic nitrogens is 3. The molecule has 4 heterocycles. The Labute approximate surface area is 158 Å². The van der Waals surface area contributed by atoms with Gasteiger partial charge in [-0.15, -0.1) is 0 Å². The zero-order chi connectivity index (χ0) is 18.3. The lowest BCUT2D eigenvalue weighted by Gasteiger charge is -2.24. The van der Waals surface area contributed by atoms with Crippen LogP contribution in [0, 0.1) is 13.8 Å². The van der Waals surface area contributed by atoms with Crippen LogP contribution in [0.25, 0.3) is 5.69 Å². The molecule has 0 saturated carbocycles. The average Bonchev–Trinajstić information content (AvgIpc) is 3.12. The van der Waals surface area contributed by atoms with Gasteiger partial charge in [0.2, 0.25) is 0 Å². The second-order valence-corrected chi connectivity index (χ2v) is 7.00. The average molecular weight is 363 g/mol. The normalized spacial score (nSPS) is 19.7. The first kappa shape index (κ1) is 16.7. The molecule has 0 aliphatic carbocycles. The molecule has 1 aliphatic heterocycles. The maximum atomic E-state index is 5.54. The molecule has 6 heteroatoms. The Morgan fingerprint density at radius 3 is 2.65 bits per heavy atom. The van der Waals surface area contributed by atoms with E-state index >= 15 is 0 Å². The number of pyridine rings is 2. The monoisotopic (exact) mass is 363 g/mol. The summed E-state index contributed by atoms with van der Waals surface area (Å²) in [4.78, 5) is 11.0. The van der Waals surface area contributed by atoms with Crippen molar-refractivity contribution in [3.8, 4) is 5.69 Å². The zero-order valence-corrected chi connectivity index (χ0v) is 15.9. The molecule has 1 aliphatic rings. The van der Waals surface area contributed by atoms with Crippen LogP contribution in [0.2, 0.25) is 0 Å². The predicted octanol–water partition coefficient (Wildman–Crippen LogP) is 3.49. The molecule has 3 aromatic rings. The summed E-state index contributed by atoms with van der Waals surface area (Å²) in [6.45, 7) is 4.28. The minimum atomic E-state index is 0.0246. The smallest absolute Gasteiger partial charge is 0.169 e. The van der Waals surface area contributed by atoms with Crippen LogP contribution in [0.15, 0.2) is 55.0 Å². The Morgan fingerprint density at radius 1 is 1.12 bits per heavy atom. The fourth-order valence-corrected chi connectivity index (χ4v) is 4.06. The lowest BCUT2D eigenvalue weighted by atomic mass is 9.97. The molecule has 4 rings (SSSR count). The van der Waals surface area contributed by atoms with Crippen LogP contribution >= 0.6 is 12.2 Å². The summed E-state index contributed by atoms with van der Waals surface area (Å²) in [6, 6.07) is 12.4. The van der Waals surface area contributed by atoms with Gasteiger partial charge in [0.15, 0.2) is 5.11 Å². The Hall–Kier alpha value is -2.73. The molecule has 0 radical (unpaired) electrons. The van der Waals surface area contributed by atoms with Crippen LogP contribution in [0.3, 0.4) is 0 Å². The van der Waals surface area contributed by atoms with Gasteiger partial charge in [-0.25, -0.2) is 0 Å². The number of thiocarbonyl (C=S) groups is 1. The van der Waals surface area contributed by atoms with Gasteiger partial charge in [0.05, 0.1) is 29.7 Å². The van der Waals surface area contributed by atoms with Crippen LogP contribution in [-0.2, 0) is 0 Å². The lowest BCUT2D eigenvalue weighted by Crippen LogP contribution is -2.25. The number of hydrogen-bond acceptors (Lipinski definition) is 3. The fourth-order valence-electron chi connectivity index (χ4n) is 3.82. The number of rotatable bonds is 3. The Balaban J connectivity index is 1.82. The molecule has 2 atom stereocenters. The van der Waals surface area contributed by atoms with E-state index in [1.807, 2.05) is 43.7 Å². The first-order valence-electron chi connectivity index (χ1n) is 8.61. The Kier molecular flexibility index (Phi) is 4.20. The molecule has 0 bridgehead atoms. The largest absolute Gasteiger partial charge is 0.352 e. The Morgan fingerprint density at radius 2 is 1.96 bits per heavy atom. The first-order chi connectivity index (χ1) is 12.6. The number of nitrogens with zero attached hydrogens (tertiary/aromatic N) is 4. The van der Waals surface area contributed by atoms with Gasteiger partial charge in [-0.3, -0.25) is 9.97 Å². The molecule has 5 nitrogen and oxygen atoms in total. The van der Waals surface area contributed by atoms with E-state index in [9.17, 15) is 0 Å². The molecular weight excluding hydrogens is 342 g/mol. The molecule has 1 N–H and O–H groups in total. The second kappa shape index (κ2) is 6.53. The summed E-state index contributed by atoms with van der Waals surface area (Å²) in [7, 11) is 2.04. The van der Waals surface area contributed by atoms with Crippen molar-refractivity contribution in [3.05, 3.63) is 77.6 Å². The number of hydrogen-bond donors (Lipinski definition) is 1. The number of nitrogens with one attached hydrogen (secondary N) is 1. The molecular formula is C20H21N5S. The molecule has 3 aromatic heterocycles. The van der Waals surface area contributed by atoms with Crippen molar-refractivity contribution in [1.29, 1.82) is 0 Å². The van der Waals surface area contributed by atoms with E-state index in [1.54, 1.807) is 6.20 Å². The van der Waals surface area contributed by atoms with E-state index in [1.165, 1.54) is 17.0 Å². The predicted molar refractivity (Wildman–Crippen MR) is 106 cm³/mol. The second-order valence-electron chi connectivity index (χ2n) is 6.61. The molecule has 26 heavy (non-hydrogen) atoms. The molecule has 0 unspecified atom stereocenters. The highest BCUT2D eigenvalue weighted by Gasteiger charge is 2.39. The van der Waals surface area contributed by atoms with Crippen molar-refractivity contribution in [2.75, 3.05) is 7.05 Å². The summed E-state index contributed by atoms with van der Waals surface area (Å²) < 4.78 is 2.24. The van der Waals surface area contributed by atoms with Crippen LogP contribution in [0.4, 0.5) is 0 Å². The van der Waals surface area contributed by atoms with Crippen molar-refractivity contribution < 1.29 is 0 Å². The van der Waals surface area contributed by atoms with E-state index in [0.717, 1.165) is 16.5 Å². The summed E-state index contributed by atoms with van der Waals surface area (Å²) in [5.41, 5.74) is 5.68. The minimum absolute atomic E-state index is 0.0246. The standard InChI is InChI=1S/C20H21N5S/c1-13-11-16(14(2)25(13)15-7-6-9-21-12-15)19-18(23-20(26)24(19)3)17-8-4-5-10-22-17/h4-12,18-19H,1-3H3,(H,23,26)/t18-,19+/m0/s1. The summed E-state index contributed by atoms with van der Waals surface area (Å²) >= 11 is 5.54. The van der Waals surface area contributed by atoms with E-state index in [4.69, 9.17) is 12.2 Å². The number of likely N-dealkylation sites (N-methyl/N-ethyl adjacent to an activating group) is 1. The molecule has 0 spiro atoms. The fraction of sp³-hybridized carbons (Fsp3) is 0.250. The van der Waals surface area contributed by atoms with E-state index in [0.29, 0.717) is 0 Å². The third-order valence-corrected chi connectivity index (χ3v) is 5.44. The molecule has 0 amide bonds. The minimum Gasteiger partial charge on any atom is -0.352 e. The summed E-state index contributed by atoms with van der Waals surface area (Å²) in [5, 5.41) is 4.18. The molecule has 0 aromatic carbocycles. The summed E-state index contributed by atoms with van der Waals surface area (Å²) in [6.07, 6.45) is 5.51. The summed E-state index contributed by atoms with van der Waals surface area (Å²) in [5.74, 6) is 0. The van der Waals surface area contributed by atoms with Crippen molar-refractivity contribution in [2.24, 2.45) is 0 Å². The van der Waals surface area contributed by atoms with Crippen LogP contribution in [0.1, 0.15) is 34.7 Å². The van der Waals surface area contributed by atoms with Crippen molar-refractivity contribution >= 4 is 17.3 Å². The Bertz CT molecular complexity index is 936. The van der Waals surface area contributed by atoms with E-state index in [2.05, 4.69) is 50.7 Å². The highest BCUT2D eigenvalue weighted by molar-refractivity contribution is 7.80. The van der Waals surface area contributed by atoms with Gasteiger partial charge < -0.3 is 14.8 Å². The lowest BCUT2D eigenvalue weighted by molar-refractivity contribution is 0.367. The highest BCUT2D eigenvalue weighted by atomic mass is 32.1. The van der Waals surface area contributed by atoms with Gasteiger partial charge in [0.25, 0.3) is 0 Å². The first-order valence-corrected chi connectivity index (χ1v) is 9.02. The van der Waals surface area contributed by atoms with E-state index in [-0.39, 0.29) is 12.1 Å². The van der Waals surface area contributed by atoms with Crippen LogP contribution < -0.4 is 5.32 Å². The SMILES string of the molecule is Cc1cc([C@@H]2[C@H](c3ccccn3)NC(=S)N2C)c(C)n1-c1cccnc1. The van der Waals surface area contributed by atoms with Crippen LogP contribution in [-0.4, -0.2) is 31.6 Å². The van der Waals surface area contributed by atoms with Gasteiger partial charge in [-0.2, -0.15) is 0 Å². The topological polar surface area (TPSA) is 46.0 Å². The maximum Gasteiger partial charge on any atom is 0.169 e. The third-order valence-electron chi connectivity index (χ3n) is 5.03. The van der Waals surface area contributed by atoms with E-state index < -0.39 is 0 Å². The van der Waals surface area contributed by atoms with Crippen LogP contribution in [0.5, 0.6) is 0 Å². The van der Waals surface area contributed by atoms with Gasteiger partial charge in [-0.1, -0.05) is 6.07 Å². The highest BCUT2D eigenvalue weighted by Crippen LogP contribution is 2.40. The molecule has 1 fully saturated rings. The third kappa shape index (κ3) is 2.66.